The maximum absolute atomic E-state index is 11.4. The molecule has 1 amide bonds. The summed E-state index contributed by atoms with van der Waals surface area (Å²) in [7, 11) is 1.57. The quantitative estimate of drug-likeness (QED) is 0.625. The number of rotatable bonds is 6. The molecule has 1 atom stereocenters. The second-order valence-corrected chi connectivity index (χ2v) is 4.11. The molecule has 15 heavy (non-hydrogen) atoms. The molecule has 0 heterocycles. The first-order chi connectivity index (χ1) is 6.86. The van der Waals surface area contributed by atoms with Crippen molar-refractivity contribution in [3.63, 3.8) is 0 Å². The highest BCUT2D eigenvalue weighted by Crippen LogP contribution is 2.04. The van der Waals surface area contributed by atoms with Gasteiger partial charge in [-0.05, 0) is 18.8 Å². The van der Waals surface area contributed by atoms with Crippen LogP contribution >= 0.6 is 0 Å². The molecule has 0 radical (unpaired) electrons. The summed E-state index contributed by atoms with van der Waals surface area (Å²) < 4.78 is 0. The van der Waals surface area contributed by atoms with Crippen LogP contribution in [0.3, 0.4) is 0 Å². The van der Waals surface area contributed by atoms with E-state index in [1.54, 1.807) is 7.05 Å². The number of carboxylic acids is 1. The topological polar surface area (TPSA) is 83.6 Å². The van der Waals surface area contributed by atoms with Gasteiger partial charge in [-0.15, -0.1) is 0 Å². The van der Waals surface area contributed by atoms with Crippen LogP contribution in [0.1, 0.15) is 26.7 Å². The van der Waals surface area contributed by atoms with Crippen LogP contribution in [0.4, 0.5) is 0 Å². The summed E-state index contributed by atoms with van der Waals surface area (Å²) in [5.74, 6) is -1.23. The second kappa shape index (κ2) is 6.40. The Bertz CT molecular complexity index is 229. The molecule has 0 aromatic rings. The van der Waals surface area contributed by atoms with Gasteiger partial charge in [0.05, 0.1) is 0 Å². The fourth-order valence-corrected chi connectivity index (χ4v) is 1.19. The van der Waals surface area contributed by atoms with E-state index in [0.717, 1.165) is 12.8 Å². The molecule has 3 N–H and O–H groups in total. The van der Waals surface area contributed by atoms with Gasteiger partial charge in [0.1, 0.15) is 0 Å². The fourth-order valence-electron chi connectivity index (χ4n) is 1.19. The van der Waals surface area contributed by atoms with Gasteiger partial charge in [-0.1, -0.05) is 13.8 Å². The van der Waals surface area contributed by atoms with Crippen molar-refractivity contribution in [2.45, 2.75) is 32.7 Å². The Morgan fingerprint density at radius 1 is 1.40 bits per heavy atom. The number of hydrogen-bond donors (Lipinski definition) is 2. The van der Waals surface area contributed by atoms with Crippen molar-refractivity contribution in [1.29, 1.82) is 0 Å². The van der Waals surface area contributed by atoms with Crippen LogP contribution in [-0.4, -0.2) is 41.5 Å². The van der Waals surface area contributed by atoms with Crippen molar-refractivity contribution in [3.8, 4) is 0 Å². The molecule has 0 aliphatic carbocycles. The first-order valence-corrected chi connectivity index (χ1v) is 5.09. The average Bonchev–Trinajstić information content (AvgIpc) is 2.14. The molecule has 0 aromatic carbocycles. The maximum Gasteiger partial charge on any atom is 0.330 e. The number of amides is 1. The van der Waals surface area contributed by atoms with Gasteiger partial charge in [0.25, 0.3) is 5.91 Å². The third-order valence-corrected chi connectivity index (χ3v) is 2.18. The first kappa shape index (κ1) is 13.9. The first-order valence-electron chi connectivity index (χ1n) is 5.09. The SMILES string of the molecule is CC(C)CCCN(C)C(=O)C(N)C(=O)O. The van der Waals surface area contributed by atoms with Crippen LogP contribution in [0.5, 0.6) is 0 Å². The van der Waals surface area contributed by atoms with E-state index in [1.807, 2.05) is 0 Å². The summed E-state index contributed by atoms with van der Waals surface area (Å²) in [6, 6.07) is -1.44. The highest BCUT2D eigenvalue weighted by Gasteiger charge is 2.24. The molecule has 0 bridgehead atoms. The van der Waals surface area contributed by atoms with E-state index in [9.17, 15) is 9.59 Å². The molecule has 0 aliphatic heterocycles. The van der Waals surface area contributed by atoms with Gasteiger partial charge < -0.3 is 15.7 Å². The van der Waals surface area contributed by atoms with Crippen molar-refractivity contribution in [2.24, 2.45) is 11.7 Å². The molecule has 0 saturated carbocycles. The van der Waals surface area contributed by atoms with Crippen molar-refractivity contribution in [2.75, 3.05) is 13.6 Å². The Morgan fingerprint density at radius 2 is 1.93 bits per heavy atom. The number of nitrogens with zero attached hydrogens (tertiary/aromatic N) is 1. The van der Waals surface area contributed by atoms with Crippen LogP contribution in [0, 0.1) is 5.92 Å². The largest absolute Gasteiger partial charge is 0.480 e. The summed E-state index contributed by atoms with van der Waals surface area (Å²) in [6.07, 6.45) is 1.88. The van der Waals surface area contributed by atoms with E-state index in [1.165, 1.54) is 4.90 Å². The minimum Gasteiger partial charge on any atom is -0.480 e. The van der Waals surface area contributed by atoms with Crippen molar-refractivity contribution < 1.29 is 14.7 Å². The molecule has 0 aliphatic rings. The van der Waals surface area contributed by atoms with Crippen LogP contribution in [-0.2, 0) is 9.59 Å². The Kier molecular flexibility index (Phi) is 5.93. The van der Waals surface area contributed by atoms with Crippen LogP contribution < -0.4 is 5.73 Å². The summed E-state index contributed by atoms with van der Waals surface area (Å²) in [5.41, 5.74) is 5.20. The van der Waals surface area contributed by atoms with Gasteiger partial charge in [0.15, 0.2) is 6.04 Å². The number of carboxylic acid groups (broad SMARTS) is 1. The van der Waals surface area contributed by atoms with Gasteiger partial charge in [-0.3, -0.25) is 4.79 Å². The van der Waals surface area contributed by atoms with Gasteiger partial charge in [-0.25, -0.2) is 4.79 Å². The molecule has 88 valence electrons. The molecular formula is C10H20N2O3. The van der Waals surface area contributed by atoms with Crippen LogP contribution in [0.15, 0.2) is 0 Å². The molecule has 1 unspecified atom stereocenters. The molecule has 0 saturated heterocycles. The lowest BCUT2D eigenvalue weighted by Gasteiger charge is -2.19. The summed E-state index contributed by atoms with van der Waals surface area (Å²) >= 11 is 0. The van der Waals surface area contributed by atoms with Crippen molar-refractivity contribution >= 4 is 11.9 Å². The monoisotopic (exact) mass is 216 g/mol. The zero-order valence-corrected chi connectivity index (χ0v) is 9.56. The lowest BCUT2D eigenvalue weighted by molar-refractivity contribution is -0.146. The number of carbonyl (C=O) groups excluding carboxylic acids is 1. The Labute approximate surface area is 90.2 Å². The summed E-state index contributed by atoms with van der Waals surface area (Å²) in [4.78, 5) is 23.2. The van der Waals surface area contributed by atoms with Gasteiger partial charge in [-0.2, -0.15) is 0 Å². The van der Waals surface area contributed by atoms with Crippen molar-refractivity contribution in [1.82, 2.24) is 4.90 Å². The number of likely N-dealkylation sites (N-methyl/N-ethyl adjacent to an activating group) is 1. The minimum atomic E-state index is -1.44. The van der Waals surface area contributed by atoms with E-state index in [2.05, 4.69) is 13.8 Å². The molecule has 0 fully saturated rings. The maximum atomic E-state index is 11.4. The number of hydrogen-bond acceptors (Lipinski definition) is 3. The van der Waals surface area contributed by atoms with E-state index in [0.29, 0.717) is 12.5 Å². The molecule has 0 aromatic heterocycles. The van der Waals surface area contributed by atoms with Gasteiger partial charge >= 0.3 is 5.97 Å². The predicted octanol–water partition coefficient (Wildman–Crippen LogP) is 0.293. The van der Waals surface area contributed by atoms with Crippen molar-refractivity contribution in [3.05, 3.63) is 0 Å². The number of carbonyl (C=O) groups is 2. The third kappa shape index (κ3) is 5.37. The summed E-state index contributed by atoms with van der Waals surface area (Å²) in [6.45, 7) is 4.76. The number of aliphatic carboxylic acids is 1. The molecule has 5 heteroatoms. The number of nitrogens with two attached hydrogens (primary N) is 1. The smallest absolute Gasteiger partial charge is 0.330 e. The highest BCUT2D eigenvalue weighted by molar-refractivity contribution is 6.00. The van der Waals surface area contributed by atoms with Gasteiger partial charge in [0, 0.05) is 13.6 Å². The fraction of sp³-hybridized carbons (Fsp3) is 0.800. The lowest BCUT2D eigenvalue weighted by Crippen LogP contribution is -2.47. The Hall–Kier alpha value is -1.10. The van der Waals surface area contributed by atoms with Crippen LogP contribution in [0.25, 0.3) is 0 Å². The van der Waals surface area contributed by atoms with E-state index in [4.69, 9.17) is 10.8 Å². The highest BCUT2D eigenvalue weighted by atomic mass is 16.4. The zero-order chi connectivity index (χ0) is 12.0. The Balaban J connectivity index is 3.94. The average molecular weight is 216 g/mol. The minimum absolute atomic E-state index is 0.536. The Morgan fingerprint density at radius 3 is 2.33 bits per heavy atom. The van der Waals surface area contributed by atoms with E-state index < -0.39 is 17.9 Å². The standard InChI is InChI=1S/C10H20N2O3/c1-7(2)5-4-6-12(3)9(13)8(11)10(14)15/h7-8H,4-6,11H2,1-3H3,(H,14,15). The molecule has 0 spiro atoms. The molecule has 0 rings (SSSR count). The molecule has 5 nitrogen and oxygen atoms in total. The van der Waals surface area contributed by atoms with E-state index >= 15 is 0 Å². The third-order valence-electron chi connectivity index (χ3n) is 2.18. The predicted molar refractivity (Wildman–Crippen MR) is 57.3 cm³/mol. The summed E-state index contributed by atoms with van der Waals surface area (Å²) in [5, 5.41) is 8.54. The van der Waals surface area contributed by atoms with Crippen LogP contribution in [0.2, 0.25) is 0 Å². The normalized spacial score (nSPS) is 12.6. The lowest BCUT2D eigenvalue weighted by atomic mass is 10.1. The van der Waals surface area contributed by atoms with Gasteiger partial charge in [0.2, 0.25) is 0 Å². The second-order valence-electron chi connectivity index (χ2n) is 4.11. The van der Waals surface area contributed by atoms with E-state index in [-0.39, 0.29) is 0 Å². The zero-order valence-electron chi connectivity index (χ0n) is 9.56. The molecular weight excluding hydrogens is 196 g/mol.